The standard InChI is InChI=1S/C20H20N4O5S/c25-18(10-12-24-19(26)14-21-20(24)27)22-16-6-8-17(9-7-16)23-30(28,29)13-11-15-4-2-1-3-5-15/h1-9,11,13,23H,10,12,14H2,(H,21,27)(H,22,25)/b13-11+. The van der Waals surface area contributed by atoms with Crippen LogP contribution >= 0.6 is 0 Å². The lowest BCUT2D eigenvalue weighted by molar-refractivity contribution is -0.125. The number of rotatable bonds is 8. The fourth-order valence-corrected chi connectivity index (χ4v) is 3.54. The third-order valence-corrected chi connectivity index (χ3v) is 5.18. The topological polar surface area (TPSA) is 125 Å². The summed E-state index contributed by atoms with van der Waals surface area (Å²) in [6.07, 6.45) is 1.44. The van der Waals surface area contributed by atoms with Crippen LogP contribution in [0.4, 0.5) is 16.2 Å². The first-order valence-corrected chi connectivity index (χ1v) is 10.6. The van der Waals surface area contributed by atoms with Crippen LogP contribution in [0.15, 0.2) is 60.0 Å². The molecular formula is C20H20N4O5S. The largest absolute Gasteiger partial charge is 0.329 e. The second-order valence-electron chi connectivity index (χ2n) is 6.44. The van der Waals surface area contributed by atoms with Crippen molar-refractivity contribution in [2.75, 3.05) is 23.1 Å². The Labute approximate surface area is 173 Å². The Morgan fingerprint density at radius 3 is 2.33 bits per heavy atom. The third-order valence-electron chi connectivity index (χ3n) is 4.17. The van der Waals surface area contributed by atoms with Gasteiger partial charge in [-0.3, -0.25) is 19.2 Å². The van der Waals surface area contributed by atoms with Crippen LogP contribution in [-0.4, -0.2) is 44.3 Å². The number of imide groups is 1. The SMILES string of the molecule is O=C(CCN1C(=O)CNC1=O)Nc1ccc(NS(=O)(=O)/C=C/c2ccccc2)cc1. The first-order valence-electron chi connectivity index (χ1n) is 9.06. The summed E-state index contributed by atoms with van der Waals surface area (Å²) in [6, 6.07) is 14.6. The van der Waals surface area contributed by atoms with E-state index in [0.29, 0.717) is 11.4 Å². The Morgan fingerprint density at radius 1 is 1.03 bits per heavy atom. The van der Waals surface area contributed by atoms with Crippen LogP contribution in [0, 0.1) is 0 Å². The molecule has 30 heavy (non-hydrogen) atoms. The minimum absolute atomic E-state index is 0.0118. The predicted octanol–water partition coefficient (Wildman–Crippen LogP) is 1.98. The van der Waals surface area contributed by atoms with Crippen molar-refractivity contribution in [1.29, 1.82) is 0 Å². The van der Waals surface area contributed by atoms with Gasteiger partial charge in [0.1, 0.15) is 0 Å². The van der Waals surface area contributed by atoms with Crippen LogP contribution in [-0.2, 0) is 19.6 Å². The second-order valence-corrected chi connectivity index (χ2v) is 8.01. The summed E-state index contributed by atoms with van der Waals surface area (Å²) in [5.41, 5.74) is 1.55. The van der Waals surface area contributed by atoms with E-state index < -0.39 is 16.1 Å². The van der Waals surface area contributed by atoms with Crippen LogP contribution in [0.1, 0.15) is 12.0 Å². The number of urea groups is 1. The molecular weight excluding hydrogens is 408 g/mol. The van der Waals surface area contributed by atoms with Gasteiger partial charge < -0.3 is 10.6 Å². The molecule has 0 atom stereocenters. The molecule has 0 unspecified atom stereocenters. The van der Waals surface area contributed by atoms with Gasteiger partial charge in [0, 0.05) is 24.3 Å². The maximum atomic E-state index is 12.2. The fourth-order valence-electron chi connectivity index (χ4n) is 2.67. The molecule has 1 saturated heterocycles. The number of carbonyl (C=O) groups is 3. The van der Waals surface area contributed by atoms with Crippen molar-refractivity contribution < 1.29 is 22.8 Å². The van der Waals surface area contributed by atoms with Gasteiger partial charge in [-0.25, -0.2) is 13.2 Å². The summed E-state index contributed by atoms with van der Waals surface area (Å²) in [6.45, 7) is -0.0690. The molecule has 4 amide bonds. The smallest absolute Gasteiger partial charge is 0.324 e. The van der Waals surface area contributed by atoms with E-state index >= 15 is 0 Å². The lowest BCUT2D eigenvalue weighted by Crippen LogP contribution is -2.33. The highest BCUT2D eigenvalue weighted by Gasteiger charge is 2.28. The molecule has 10 heteroatoms. The fraction of sp³-hybridized carbons (Fsp3) is 0.150. The summed E-state index contributed by atoms with van der Waals surface area (Å²) in [4.78, 5) is 35.9. The molecule has 156 valence electrons. The highest BCUT2D eigenvalue weighted by molar-refractivity contribution is 7.95. The maximum absolute atomic E-state index is 12.2. The van der Waals surface area contributed by atoms with Crippen molar-refractivity contribution in [2.45, 2.75) is 6.42 Å². The molecule has 2 aromatic rings. The highest BCUT2D eigenvalue weighted by Crippen LogP contribution is 2.16. The average molecular weight is 428 g/mol. The van der Waals surface area contributed by atoms with Gasteiger partial charge in [-0.1, -0.05) is 30.3 Å². The van der Waals surface area contributed by atoms with Gasteiger partial charge >= 0.3 is 6.03 Å². The summed E-state index contributed by atoms with van der Waals surface area (Å²) in [5.74, 6) is -0.743. The van der Waals surface area contributed by atoms with Gasteiger partial charge in [-0.2, -0.15) is 0 Å². The molecule has 0 aromatic heterocycles. The summed E-state index contributed by atoms with van der Waals surface area (Å²) >= 11 is 0. The molecule has 1 heterocycles. The predicted molar refractivity (Wildman–Crippen MR) is 113 cm³/mol. The molecule has 9 nitrogen and oxygen atoms in total. The molecule has 0 radical (unpaired) electrons. The molecule has 0 saturated carbocycles. The average Bonchev–Trinajstić information content (AvgIpc) is 3.04. The molecule has 1 aliphatic rings. The highest BCUT2D eigenvalue weighted by atomic mass is 32.2. The Hall–Kier alpha value is -3.66. The number of carbonyl (C=O) groups excluding carboxylic acids is 3. The number of nitrogens with one attached hydrogen (secondary N) is 3. The van der Waals surface area contributed by atoms with Crippen LogP contribution in [0.3, 0.4) is 0 Å². The second kappa shape index (κ2) is 9.23. The normalized spacial score (nSPS) is 14.1. The minimum Gasteiger partial charge on any atom is -0.329 e. The van der Waals surface area contributed by atoms with Gasteiger partial charge in [0.05, 0.1) is 12.0 Å². The lowest BCUT2D eigenvalue weighted by atomic mass is 10.2. The quantitative estimate of drug-likeness (QED) is 0.555. The van der Waals surface area contributed by atoms with E-state index in [1.54, 1.807) is 24.3 Å². The van der Waals surface area contributed by atoms with E-state index in [4.69, 9.17) is 0 Å². The number of hydrogen-bond acceptors (Lipinski definition) is 5. The van der Waals surface area contributed by atoms with Crippen molar-refractivity contribution >= 4 is 45.3 Å². The van der Waals surface area contributed by atoms with E-state index in [-0.39, 0.29) is 31.3 Å². The Kier molecular flexibility index (Phi) is 6.48. The summed E-state index contributed by atoms with van der Waals surface area (Å²) in [7, 11) is -3.69. The van der Waals surface area contributed by atoms with Crippen molar-refractivity contribution in [2.24, 2.45) is 0 Å². The Bertz CT molecular complexity index is 1050. The number of hydrogen-bond donors (Lipinski definition) is 3. The van der Waals surface area contributed by atoms with Crippen LogP contribution < -0.4 is 15.4 Å². The summed E-state index contributed by atoms with van der Waals surface area (Å²) in [5, 5.41) is 6.09. The van der Waals surface area contributed by atoms with Crippen molar-refractivity contribution in [3.05, 3.63) is 65.6 Å². The first kappa shape index (κ1) is 21.1. The molecule has 1 fully saturated rings. The maximum Gasteiger partial charge on any atom is 0.324 e. The van der Waals surface area contributed by atoms with Gasteiger partial charge in [0.15, 0.2) is 0 Å². The molecule has 1 aliphatic heterocycles. The molecule has 0 spiro atoms. The Morgan fingerprint density at radius 2 is 1.70 bits per heavy atom. The first-order chi connectivity index (χ1) is 14.3. The number of amides is 4. The van der Waals surface area contributed by atoms with Crippen molar-refractivity contribution in [3.63, 3.8) is 0 Å². The molecule has 0 bridgehead atoms. The lowest BCUT2D eigenvalue weighted by Gasteiger charge is -2.12. The molecule has 3 rings (SSSR count). The van der Waals surface area contributed by atoms with Crippen molar-refractivity contribution in [3.8, 4) is 0 Å². The van der Waals surface area contributed by atoms with Gasteiger partial charge in [-0.05, 0) is 35.9 Å². The van der Waals surface area contributed by atoms with Gasteiger partial charge in [0.2, 0.25) is 11.8 Å². The third kappa shape index (κ3) is 5.92. The van der Waals surface area contributed by atoms with E-state index in [2.05, 4.69) is 15.4 Å². The number of anilines is 2. The number of sulfonamides is 1. The van der Waals surface area contributed by atoms with Gasteiger partial charge in [-0.15, -0.1) is 0 Å². The van der Waals surface area contributed by atoms with E-state index in [1.165, 1.54) is 18.2 Å². The van der Waals surface area contributed by atoms with E-state index in [9.17, 15) is 22.8 Å². The molecule has 2 aromatic carbocycles. The number of nitrogens with zero attached hydrogens (tertiary/aromatic N) is 1. The monoisotopic (exact) mass is 428 g/mol. The zero-order valence-electron chi connectivity index (χ0n) is 15.9. The van der Waals surface area contributed by atoms with Crippen LogP contribution in [0.2, 0.25) is 0 Å². The van der Waals surface area contributed by atoms with E-state index in [1.807, 2.05) is 18.2 Å². The van der Waals surface area contributed by atoms with Crippen LogP contribution in [0.5, 0.6) is 0 Å². The molecule has 0 aliphatic carbocycles. The molecule has 3 N–H and O–H groups in total. The van der Waals surface area contributed by atoms with E-state index in [0.717, 1.165) is 15.9 Å². The van der Waals surface area contributed by atoms with Crippen molar-refractivity contribution in [1.82, 2.24) is 10.2 Å². The summed E-state index contributed by atoms with van der Waals surface area (Å²) < 4.78 is 26.8. The minimum atomic E-state index is -3.69. The zero-order valence-corrected chi connectivity index (χ0v) is 16.7. The van der Waals surface area contributed by atoms with Gasteiger partial charge in [0.25, 0.3) is 10.0 Å². The number of benzene rings is 2. The van der Waals surface area contributed by atoms with Crippen LogP contribution in [0.25, 0.3) is 6.08 Å². The zero-order chi connectivity index (χ0) is 21.6. The Balaban J connectivity index is 1.51.